The van der Waals surface area contributed by atoms with E-state index in [0.29, 0.717) is 5.92 Å². The molecule has 0 saturated carbocycles. The Morgan fingerprint density at radius 2 is 1.22 bits per heavy atom. The van der Waals surface area contributed by atoms with Crippen LogP contribution in [0.1, 0.15) is 36.8 Å². The third kappa shape index (κ3) is 7.12. The first kappa shape index (κ1) is 17.2. The lowest BCUT2D eigenvalue weighted by atomic mass is 9.98. The fourth-order valence-corrected chi connectivity index (χ4v) is 2.56. The molecular weight excluding hydrogens is 278 g/mol. The van der Waals surface area contributed by atoms with Gasteiger partial charge in [0.1, 0.15) is 0 Å². The summed E-state index contributed by atoms with van der Waals surface area (Å²) < 4.78 is 0. The molecule has 2 aromatic rings. The molecule has 0 spiro atoms. The third-order valence-electron chi connectivity index (χ3n) is 3.91. The second kappa shape index (κ2) is 10.6. The van der Waals surface area contributed by atoms with Gasteiger partial charge in [0, 0.05) is 0 Å². The molecule has 0 aliphatic carbocycles. The summed E-state index contributed by atoms with van der Waals surface area (Å²) in [4.78, 5) is 0. The molecule has 2 aromatic carbocycles. The van der Waals surface area contributed by atoms with Gasteiger partial charge in [-0.15, -0.1) is 0 Å². The molecule has 120 valence electrons. The highest BCUT2D eigenvalue weighted by Crippen LogP contribution is 2.17. The molecule has 2 rings (SSSR count). The first-order valence-electron chi connectivity index (χ1n) is 8.55. The van der Waals surface area contributed by atoms with Crippen LogP contribution in [-0.4, -0.2) is 6.54 Å². The number of hydrogen-bond donors (Lipinski definition) is 1. The predicted octanol–water partition coefficient (Wildman–Crippen LogP) is 5.55. The van der Waals surface area contributed by atoms with Crippen LogP contribution in [0.5, 0.6) is 0 Å². The Hall–Kier alpha value is -2.12. The largest absolute Gasteiger partial charge is 0.330 e. The lowest BCUT2D eigenvalue weighted by molar-refractivity contribution is 0.601. The highest BCUT2D eigenvalue weighted by atomic mass is 14.5. The van der Waals surface area contributed by atoms with Crippen molar-refractivity contribution in [2.24, 2.45) is 11.7 Å². The van der Waals surface area contributed by atoms with Crippen molar-refractivity contribution in [2.75, 3.05) is 6.54 Å². The summed E-state index contributed by atoms with van der Waals surface area (Å²) in [6.07, 6.45) is 13.8. The van der Waals surface area contributed by atoms with Gasteiger partial charge in [0.05, 0.1) is 0 Å². The summed E-state index contributed by atoms with van der Waals surface area (Å²) in [7, 11) is 0. The number of hydrogen-bond acceptors (Lipinski definition) is 1. The van der Waals surface area contributed by atoms with E-state index >= 15 is 0 Å². The van der Waals surface area contributed by atoms with Gasteiger partial charge in [-0.3, -0.25) is 0 Å². The van der Waals surface area contributed by atoms with Crippen molar-refractivity contribution in [3.05, 3.63) is 83.9 Å². The van der Waals surface area contributed by atoms with E-state index in [1.165, 1.54) is 30.4 Å². The van der Waals surface area contributed by atoms with Crippen LogP contribution < -0.4 is 5.73 Å². The summed E-state index contributed by atoms with van der Waals surface area (Å²) in [6.45, 7) is 0.796. The molecule has 2 N–H and O–H groups in total. The molecule has 23 heavy (non-hydrogen) atoms. The number of nitrogens with two attached hydrogens (primary N) is 1. The van der Waals surface area contributed by atoms with Gasteiger partial charge in [0.15, 0.2) is 0 Å². The quantitative estimate of drug-likeness (QED) is 0.604. The van der Waals surface area contributed by atoms with Crippen LogP contribution in [0.15, 0.2) is 72.8 Å². The Bertz CT molecular complexity index is 534. The minimum absolute atomic E-state index is 0.466. The molecule has 0 aromatic heterocycles. The average Bonchev–Trinajstić information content (AvgIpc) is 2.62. The molecule has 1 nitrogen and oxygen atoms in total. The van der Waals surface area contributed by atoms with Crippen LogP contribution in [0.2, 0.25) is 0 Å². The minimum atomic E-state index is 0.466. The fourth-order valence-electron chi connectivity index (χ4n) is 2.56. The normalized spacial score (nSPS) is 12.9. The van der Waals surface area contributed by atoms with Crippen molar-refractivity contribution >= 4 is 12.2 Å². The molecule has 0 unspecified atom stereocenters. The number of benzene rings is 2. The van der Waals surface area contributed by atoms with E-state index in [1.807, 2.05) is 0 Å². The number of rotatable bonds is 9. The Labute approximate surface area is 140 Å². The first-order valence-corrected chi connectivity index (χ1v) is 8.55. The second-order valence-corrected chi connectivity index (χ2v) is 5.84. The van der Waals surface area contributed by atoms with Gasteiger partial charge in [0.25, 0.3) is 0 Å². The van der Waals surface area contributed by atoms with Crippen LogP contribution in [-0.2, 0) is 0 Å². The maximum Gasteiger partial charge on any atom is -0.00468 e. The van der Waals surface area contributed by atoms with Crippen molar-refractivity contribution in [1.82, 2.24) is 0 Å². The smallest absolute Gasteiger partial charge is 0.00468 e. The zero-order chi connectivity index (χ0) is 16.2. The van der Waals surface area contributed by atoms with Crippen LogP contribution in [0.25, 0.3) is 12.2 Å². The van der Waals surface area contributed by atoms with Gasteiger partial charge >= 0.3 is 0 Å². The molecule has 0 aliphatic heterocycles. The van der Waals surface area contributed by atoms with Gasteiger partial charge in [0.2, 0.25) is 0 Å². The lowest BCUT2D eigenvalue weighted by Crippen LogP contribution is -1.99. The fraction of sp³-hybridized carbons (Fsp3) is 0.273. The molecular formula is C22H27N. The molecule has 1 heteroatoms. The van der Waals surface area contributed by atoms with Crippen molar-refractivity contribution < 1.29 is 0 Å². The van der Waals surface area contributed by atoms with Gasteiger partial charge in [-0.25, -0.2) is 0 Å². The number of unbranched alkanes of at least 4 members (excludes halogenated alkanes) is 2. The number of allylic oxidation sites excluding steroid dienone is 2. The summed E-state index contributed by atoms with van der Waals surface area (Å²) in [5.41, 5.74) is 8.10. The molecule has 0 fully saturated rings. The SMILES string of the molecule is NCCCCCC(C=Cc1ccccc1)C=Cc1ccccc1. The lowest BCUT2D eigenvalue weighted by Gasteiger charge is -2.08. The minimum Gasteiger partial charge on any atom is -0.330 e. The summed E-state index contributed by atoms with van der Waals surface area (Å²) >= 11 is 0. The van der Waals surface area contributed by atoms with Crippen molar-refractivity contribution in [1.29, 1.82) is 0 Å². The van der Waals surface area contributed by atoms with Crippen molar-refractivity contribution in [3.63, 3.8) is 0 Å². The molecule has 0 radical (unpaired) electrons. The molecule has 0 bridgehead atoms. The second-order valence-electron chi connectivity index (χ2n) is 5.84. The van der Waals surface area contributed by atoms with Crippen molar-refractivity contribution in [2.45, 2.75) is 25.7 Å². The van der Waals surface area contributed by atoms with E-state index in [4.69, 9.17) is 5.73 Å². The molecule has 0 atom stereocenters. The van der Waals surface area contributed by atoms with Crippen LogP contribution in [0, 0.1) is 5.92 Å². The standard InChI is InChI=1S/C22H27N/c23-19-9-3-8-14-22(17-15-20-10-4-1-5-11-20)18-16-21-12-6-2-7-13-21/h1-2,4-7,10-13,15-18,22H,3,8-9,14,19,23H2. The summed E-state index contributed by atoms with van der Waals surface area (Å²) in [5, 5.41) is 0. The van der Waals surface area contributed by atoms with Gasteiger partial charge < -0.3 is 5.73 Å². The zero-order valence-electron chi connectivity index (χ0n) is 13.8. The highest BCUT2D eigenvalue weighted by Gasteiger charge is 2.01. The Balaban J connectivity index is 1.99. The molecule has 0 heterocycles. The molecule has 0 saturated heterocycles. The van der Waals surface area contributed by atoms with E-state index in [0.717, 1.165) is 13.0 Å². The molecule has 0 aliphatic rings. The third-order valence-corrected chi connectivity index (χ3v) is 3.91. The van der Waals surface area contributed by atoms with Crippen molar-refractivity contribution in [3.8, 4) is 0 Å². The van der Waals surface area contributed by atoms with E-state index < -0.39 is 0 Å². The van der Waals surface area contributed by atoms with Crippen LogP contribution in [0.3, 0.4) is 0 Å². The monoisotopic (exact) mass is 305 g/mol. The van der Waals surface area contributed by atoms with E-state index in [2.05, 4.69) is 85.0 Å². The van der Waals surface area contributed by atoms with Crippen LogP contribution in [0.4, 0.5) is 0 Å². The predicted molar refractivity (Wildman–Crippen MR) is 102 cm³/mol. The summed E-state index contributed by atoms with van der Waals surface area (Å²) in [5.74, 6) is 0.466. The Kier molecular flexibility index (Phi) is 7.93. The topological polar surface area (TPSA) is 26.0 Å². The van der Waals surface area contributed by atoms with E-state index in [1.54, 1.807) is 0 Å². The summed E-state index contributed by atoms with van der Waals surface area (Å²) in [6, 6.07) is 21.0. The van der Waals surface area contributed by atoms with Gasteiger partial charge in [-0.05, 0) is 36.4 Å². The Morgan fingerprint density at radius 3 is 1.70 bits per heavy atom. The average molecular weight is 305 g/mol. The maximum absolute atomic E-state index is 5.59. The van der Waals surface area contributed by atoms with Gasteiger partial charge in [-0.1, -0.05) is 97.8 Å². The Morgan fingerprint density at radius 1 is 0.696 bits per heavy atom. The van der Waals surface area contributed by atoms with Crippen LogP contribution >= 0.6 is 0 Å². The highest BCUT2D eigenvalue weighted by molar-refractivity contribution is 5.52. The molecule has 0 amide bonds. The zero-order valence-corrected chi connectivity index (χ0v) is 13.8. The van der Waals surface area contributed by atoms with E-state index in [9.17, 15) is 0 Å². The maximum atomic E-state index is 5.59. The van der Waals surface area contributed by atoms with Gasteiger partial charge in [-0.2, -0.15) is 0 Å². The first-order chi connectivity index (χ1) is 11.4. The van der Waals surface area contributed by atoms with E-state index in [-0.39, 0.29) is 0 Å².